The van der Waals surface area contributed by atoms with Gasteiger partial charge in [-0.15, -0.1) is 0 Å². The Morgan fingerprint density at radius 3 is 2.63 bits per heavy atom. The van der Waals surface area contributed by atoms with Crippen molar-refractivity contribution in [3.8, 4) is 0 Å². The average molecular weight is 287 g/mol. The molecule has 0 saturated carbocycles. The summed E-state index contributed by atoms with van der Waals surface area (Å²) in [6, 6.07) is 2.82. The zero-order valence-corrected chi connectivity index (χ0v) is 10.8. The van der Waals surface area contributed by atoms with Crippen LogP contribution in [0.25, 0.3) is 0 Å². The molecule has 0 aliphatic carbocycles. The van der Waals surface area contributed by atoms with Gasteiger partial charge in [0, 0.05) is 6.20 Å². The maximum Gasteiger partial charge on any atom is 0.413 e. The van der Waals surface area contributed by atoms with E-state index in [9.17, 15) is 14.4 Å². The normalized spacial score (nSPS) is 9.58. The minimum Gasteiger partial charge on any atom is -0.452 e. The lowest BCUT2D eigenvalue weighted by Gasteiger charge is -2.05. The molecule has 0 aromatic carbocycles. The van der Waals surface area contributed by atoms with E-state index in [0.717, 1.165) is 0 Å². The number of hydrogen-bond acceptors (Lipinski definition) is 6. The summed E-state index contributed by atoms with van der Waals surface area (Å²) in [5, 5.41) is 2.12. The van der Waals surface area contributed by atoms with Crippen molar-refractivity contribution >= 4 is 29.6 Å². The number of aromatic nitrogens is 1. The zero-order chi connectivity index (χ0) is 14.3. The number of nitrogens with zero attached hydrogens (tertiary/aromatic N) is 1. The monoisotopic (exact) mass is 286 g/mol. The summed E-state index contributed by atoms with van der Waals surface area (Å²) in [5.41, 5.74) is 0.147. The fraction of sp³-hybridized carbons (Fsp3) is 0.273. The Bertz CT molecular complexity index is 474. The van der Waals surface area contributed by atoms with Crippen LogP contribution >= 0.6 is 11.6 Å². The van der Waals surface area contributed by atoms with E-state index in [1.54, 1.807) is 6.92 Å². The number of imide groups is 1. The Morgan fingerprint density at radius 1 is 1.32 bits per heavy atom. The van der Waals surface area contributed by atoms with Gasteiger partial charge in [0.1, 0.15) is 5.15 Å². The number of alkyl carbamates (subject to hydrolysis) is 1. The molecule has 0 radical (unpaired) electrons. The van der Waals surface area contributed by atoms with Crippen LogP contribution in [0.5, 0.6) is 0 Å². The van der Waals surface area contributed by atoms with Gasteiger partial charge in [-0.25, -0.2) is 14.6 Å². The molecule has 102 valence electrons. The summed E-state index contributed by atoms with van der Waals surface area (Å²) in [4.78, 5) is 37.2. The number of amides is 2. The third kappa shape index (κ3) is 5.35. The van der Waals surface area contributed by atoms with Crippen molar-refractivity contribution in [3.63, 3.8) is 0 Å². The van der Waals surface area contributed by atoms with Gasteiger partial charge in [0.05, 0.1) is 12.2 Å². The largest absolute Gasteiger partial charge is 0.452 e. The van der Waals surface area contributed by atoms with Crippen LogP contribution in [0.4, 0.5) is 4.79 Å². The van der Waals surface area contributed by atoms with E-state index in [1.165, 1.54) is 18.3 Å². The molecule has 0 spiro atoms. The molecule has 1 heterocycles. The first-order chi connectivity index (χ1) is 9.02. The van der Waals surface area contributed by atoms with Crippen LogP contribution in [0.15, 0.2) is 18.3 Å². The van der Waals surface area contributed by atoms with E-state index in [-0.39, 0.29) is 17.3 Å². The number of rotatable bonds is 4. The number of pyridine rings is 1. The molecule has 1 aromatic heterocycles. The van der Waals surface area contributed by atoms with Crippen molar-refractivity contribution in [3.05, 3.63) is 29.0 Å². The van der Waals surface area contributed by atoms with Gasteiger partial charge >= 0.3 is 12.1 Å². The molecule has 0 saturated heterocycles. The molecule has 0 aliphatic heterocycles. The predicted molar refractivity (Wildman–Crippen MR) is 64.7 cm³/mol. The fourth-order valence-electron chi connectivity index (χ4n) is 1.03. The van der Waals surface area contributed by atoms with Gasteiger partial charge in [-0.05, 0) is 19.1 Å². The fourth-order valence-corrected chi connectivity index (χ4v) is 1.14. The number of esters is 1. The van der Waals surface area contributed by atoms with E-state index in [4.69, 9.17) is 11.6 Å². The van der Waals surface area contributed by atoms with E-state index in [2.05, 4.69) is 14.5 Å². The summed E-state index contributed by atoms with van der Waals surface area (Å²) in [7, 11) is 0. The highest BCUT2D eigenvalue weighted by Gasteiger charge is 2.13. The van der Waals surface area contributed by atoms with Crippen LogP contribution < -0.4 is 5.32 Å². The standard InChI is InChI=1S/C11H11ClN2O5/c1-2-18-11(17)14-9(15)6-19-10(16)7-3-4-8(12)13-5-7/h3-5H,2,6H2,1H3,(H,14,15,17). The number of ether oxygens (including phenoxy) is 2. The molecule has 1 aromatic rings. The van der Waals surface area contributed by atoms with Crippen molar-refractivity contribution in [2.24, 2.45) is 0 Å². The van der Waals surface area contributed by atoms with Gasteiger partial charge in [-0.2, -0.15) is 0 Å². The summed E-state index contributed by atoms with van der Waals surface area (Å²) < 4.78 is 9.15. The summed E-state index contributed by atoms with van der Waals surface area (Å²) >= 11 is 5.55. The van der Waals surface area contributed by atoms with Crippen molar-refractivity contribution in [1.29, 1.82) is 0 Å². The summed E-state index contributed by atoms with van der Waals surface area (Å²) in [5.74, 6) is -1.53. The van der Waals surface area contributed by atoms with E-state index in [1.807, 2.05) is 5.32 Å². The highest BCUT2D eigenvalue weighted by Crippen LogP contribution is 2.06. The molecule has 8 heteroatoms. The first-order valence-corrected chi connectivity index (χ1v) is 5.66. The highest BCUT2D eigenvalue weighted by molar-refractivity contribution is 6.29. The quantitative estimate of drug-likeness (QED) is 0.659. The Labute approximate surface area is 113 Å². The second-order valence-corrected chi connectivity index (χ2v) is 3.60. The van der Waals surface area contributed by atoms with Crippen LogP contribution in [0.2, 0.25) is 5.15 Å². The smallest absolute Gasteiger partial charge is 0.413 e. The summed E-state index contributed by atoms with van der Waals surface area (Å²) in [6.07, 6.45) is 0.324. The maximum atomic E-state index is 11.5. The van der Waals surface area contributed by atoms with Crippen LogP contribution in [-0.2, 0) is 14.3 Å². The van der Waals surface area contributed by atoms with Crippen LogP contribution in [0.1, 0.15) is 17.3 Å². The zero-order valence-electron chi connectivity index (χ0n) is 10.0. The molecule has 0 bridgehead atoms. The highest BCUT2D eigenvalue weighted by atomic mass is 35.5. The van der Waals surface area contributed by atoms with Gasteiger partial charge in [0.2, 0.25) is 0 Å². The van der Waals surface area contributed by atoms with E-state index >= 15 is 0 Å². The first kappa shape index (κ1) is 14.9. The lowest BCUT2D eigenvalue weighted by atomic mass is 10.3. The molecule has 1 N–H and O–H groups in total. The average Bonchev–Trinajstić information content (AvgIpc) is 2.37. The van der Waals surface area contributed by atoms with E-state index in [0.29, 0.717) is 0 Å². The third-order valence-corrected chi connectivity index (χ3v) is 2.04. The van der Waals surface area contributed by atoms with Gasteiger partial charge in [0.25, 0.3) is 5.91 Å². The second-order valence-electron chi connectivity index (χ2n) is 3.21. The minimum absolute atomic E-state index is 0.134. The lowest BCUT2D eigenvalue weighted by molar-refractivity contribution is -0.123. The number of halogens is 1. The van der Waals surface area contributed by atoms with Crippen molar-refractivity contribution in [2.45, 2.75) is 6.92 Å². The molecule has 0 aliphatic rings. The Morgan fingerprint density at radius 2 is 2.05 bits per heavy atom. The lowest BCUT2D eigenvalue weighted by Crippen LogP contribution is -2.34. The van der Waals surface area contributed by atoms with Gasteiger partial charge in [0.15, 0.2) is 6.61 Å². The second kappa shape index (κ2) is 7.32. The molecule has 19 heavy (non-hydrogen) atoms. The number of carbonyl (C=O) groups excluding carboxylic acids is 3. The maximum absolute atomic E-state index is 11.5. The van der Waals surface area contributed by atoms with Gasteiger partial charge in [-0.3, -0.25) is 10.1 Å². The Hall–Kier alpha value is -2.15. The SMILES string of the molecule is CCOC(=O)NC(=O)COC(=O)c1ccc(Cl)nc1. The summed E-state index contributed by atoms with van der Waals surface area (Å²) in [6.45, 7) is 1.13. The van der Waals surface area contributed by atoms with Crippen LogP contribution in [0.3, 0.4) is 0 Å². The molecule has 1 rings (SSSR count). The topological polar surface area (TPSA) is 94.6 Å². The Kier molecular flexibility index (Phi) is 5.74. The number of carbonyl (C=O) groups is 3. The molecular weight excluding hydrogens is 276 g/mol. The molecule has 7 nitrogen and oxygen atoms in total. The molecular formula is C11H11ClN2O5. The predicted octanol–water partition coefficient (Wildman–Crippen LogP) is 1.16. The minimum atomic E-state index is -0.892. The molecule has 0 unspecified atom stereocenters. The van der Waals surface area contributed by atoms with Crippen LogP contribution in [-0.4, -0.2) is 36.2 Å². The molecule has 0 atom stereocenters. The number of hydrogen-bond donors (Lipinski definition) is 1. The van der Waals surface area contributed by atoms with Crippen LogP contribution in [0, 0.1) is 0 Å². The molecule has 0 fully saturated rings. The third-order valence-electron chi connectivity index (χ3n) is 1.81. The first-order valence-electron chi connectivity index (χ1n) is 5.28. The van der Waals surface area contributed by atoms with Crippen molar-refractivity contribution in [1.82, 2.24) is 10.3 Å². The number of nitrogens with one attached hydrogen (secondary N) is 1. The Balaban J connectivity index is 2.40. The molecule has 2 amide bonds. The van der Waals surface area contributed by atoms with E-state index < -0.39 is 24.6 Å². The van der Waals surface area contributed by atoms with Gasteiger partial charge < -0.3 is 9.47 Å². The van der Waals surface area contributed by atoms with Crippen molar-refractivity contribution < 1.29 is 23.9 Å². The van der Waals surface area contributed by atoms with Gasteiger partial charge in [-0.1, -0.05) is 11.6 Å². The van der Waals surface area contributed by atoms with Crippen molar-refractivity contribution in [2.75, 3.05) is 13.2 Å².